The minimum Gasteiger partial charge on any atom is -0.463 e. The van der Waals surface area contributed by atoms with E-state index in [1.807, 2.05) is 49.4 Å². The quantitative estimate of drug-likeness (QED) is 0.401. The highest BCUT2D eigenvalue weighted by Crippen LogP contribution is 2.36. The van der Waals surface area contributed by atoms with Gasteiger partial charge in [0, 0.05) is 16.8 Å². The van der Waals surface area contributed by atoms with Crippen molar-refractivity contribution in [3.8, 4) is 0 Å². The van der Waals surface area contributed by atoms with E-state index in [9.17, 15) is 18.8 Å². The van der Waals surface area contributed by atoms with Crippen LogP contribution in [0.3, 0.4) is 0 Å². The Morgan fingerprint density at radius 3 is 2.54 bits per heavy atom. The summed E-state index contributed by atoms with van der Waals surface area (Å²) in [5, 5.41) is 2.83. The molecular formula is C30H22FN3O4S. The van der Waals surface area contributed by atoms with Crippen molar-refractivity contribution in [3.05, 3.63) is 126 Å². The average Bonchev–Trinajstić information content (AvgIpc) is 3.43. The van der Waals surface area contributed by atoms with Gasteiger partial charge in [-0.2, -0.15) is 0 Å². The Kier molecular flexibility index (Phi) is 6.07. The van der Waals surface area contributed by atoms with E-state index in [0.29, 0.717) is 32.9 Å². The molecule has 39 heavy (non-hydrogen) atoms. The van der Waals surface area contributed by atoms with Crippen LogP contribution in [0.15, 0.2) is 88.2 Å². The third kappa shape index (κ3) is 4.11. The van der Waals surface area contributed by atoms with Crippen molar-refractivity contribution in [1.29, 1.82) is 0 Å². The van der Waals surface area contributed by atoms with E-state index in [-0.39, 0.29) is 28.2 Å². The molecule has 3 heterocycles. The Morgan fingerprint density at radius 1 is 1.08 bits per heavy atom. The molecule has 0 unspecified atom stereocenters. The number of aryl methyl sites for hydroxylation is 1. The number of nitrogens with one attached hydrogen (secondary N) is 1. The van der Waals surface area contributed by atoms with Crippen LogP contribution in [0.4, 0.5) is 10.1 Å². The molecule has 194 valence electrons. The summed E-state index contributed by atoms with van der Waals surface area (Å²) in [5.41, 5.74) is 3.67. The van der Waals surface area contributed by atoms with Crippen LogP contribution >= 0.6 is 11.3 Å². The SMILES string of the molecule is CCOC(=O)C1=C(c2ccccc2)N=c2s/c(=C3\C(=O)Nc4ccc(C)cc43)c(=O)n2[C@@H]1c1ccc(F)cc1. The van der Waals surface area contributed by atoms with Gasteiger partial charge < -0.3 is 10.1 Å². The summed E-state index contributed by atoms with van der Waals surface area (Å²) in [7, 11) is 0. The molecule has 6 rings (SSSR count). The number of amides is 1. The Morgan fingerprint density at radius 2 is 1.82 bits per heavy atom. The Hall–Kier alpha value is -4.63. The molecule has 0 aliphatic carbocycles. The maximum absolute atomic E-state index is 14.1. The molecule has 0 radical (unpaired) electrons. The number of anilines is 1. The van der Waals surface area contributed by atoms with Crippen LogP contribution in [0, 0.1) is 12.7 Å². The van der Waals surface area contributed by atoms with Crippen molar-refractivity contribution in [2.24, 2.45) is 4.99 Å². The summed E-state index contributed by atoms with van der Waals surface area (Å²) in [6, 6.07) is 19.4. The molecule has 0 spiro atoms. The summed E-state index contributed by atoms with van der Waals surface area (Å²) < 4.78 is 21.0. The molecule has 1 N–H and O–H groups in total. The lowest BCUT2D eigenvalue weighted by Crippen LogP contribution is -2.40. The first-order valence-electron chi connectivity index (χ1n) is 12.4. The standard InChI is InChI=1S/C30H22FN3O4S/c1-3-38-29(37)23-24(17-7-5-4-6-8-17)33-30-34(25(23)18-10-12-19(31)13-11-18)28(36)26(39-30)22-20-15-16(2)9-14-21(20)32-27(22)35/h4-15,25H,3H2,1-2H3,(H,32,35)/b26-22-/t25-/m1/s1. The lowest BCUT2D eigenvalue weighted by molar-refractivity contribution is -0.138. The summed E-state index contributed by atoms with van der Waals surface area (Å²) in [5.74, 6) is -1.47. The summed E-state index contributed by atoms with van der Waals surface area (Å²) >= 11 is 1.09. The zero-order valence-electron chi connectivity index (χ0n) is 21.0. The van der Waals surface area contributed by atoms with E-state index in [4.69, 9.17) is 9.73 Å². The van der Waals surface area contributed by atoms with Gasteiger partial charge in [-0.15, -0.1) is 0 Å². The van der Waals surface area contributed by atoms with Crippen LogP contribution in [-0.2, 0) is 14.3 Å². The number of nitrogens with zero attached hydrogens (tertiary/aromatic N) is 2. The van der Waals surface area contributed by atoms with Gasteiger partial charge in [-0.05, 0) is 43.7 Å². The number of hydrogen-bond donors (Lipinski definition) is 1. The van der Waals surface area contributed by atoms with Gasteiger partial charge in [0.15, 0.2) is 4.80 Å². The fourth-order valence-corrected chi connectivity index (χ4v) is 6.05. The molecule has 9 heteroatoms. The van der Waals surface area contributed by atoms with Crippen LogP contribution in [0.1, 0.15) is 35.2 Å². The number of esters is 1. The second-order valence-electron chi connectivity index (χ2n) is 9.18. The number of rotatable bonds is 4. The molecule has 3 aromatic carbocycles. The zero-order valence-corrected chi connectivity index (χ0v) is 21.8. The van der Waals surface area contributed by atoms with Gasteiger partial charge in [0.1, 0.15) is 10.3 Å². The van der Waals surface area contributed by atoms with Crippen molar-refractivity contribution < 1.29 is 18.7 Å². The van der Waals surface area contributed by atoms with Crippen LogP contribution in [0.5, 0.6) is 0 Å². The summed E-state index contributed by atoms with van der Waals surface area (Å²) in [4.78, 5) is 45.8. The molecule has 1 aromatic heterocycles. The van der Waals surface area contributed by atoms with Crippen LogP contribution < -0.4 is 20.2 Å². The van der Waals surface area contributed by atoms with Crippen molar-refractivity contribution >= 4 is 40.2 Å². The largest absolute Gasteiger partial charge is 0.463 e. The molecule has 0 bridgehead atoms. The summed E-state index contributed by atoms with van der Waals surface area (Å²) in [6.07, 6.45) is 0. The molecule has 4 aromatic rings. The molecular weight excluding hydrogens is 517 g/mol. The third-order valence-corrected chi connectivity index (χ3v) is 7.74. The van der Waals surface area contributed by atoms with Crippen LogP contribution in [0.2, 0.25) is 0 Å². The minimum atomic E-state index is -0.952. The van der Waals surface area contributed by atoms with Gasteiger partial charge in [0.05, 0.1) is 29.5 Å². The lowest BCUT2D eigenvalue weighted by Gasteiger charge is -2.25. The monoisotopic (exact) mass is 539 g/mol. The molecule has 0 saturated heterocycles. The molecule has 2 aliphatic heterocycles. The second-order valence-corrected chi connectivity index (χ2v) is 10.2. The van der Waals surface area contributed by atoms with Crippen LogP contribution in [-0.4, -0.2) is 23.1 Å². The highest BCUT2D eigenvalue weighted by molar-refractivity contribution is 7.07. The van der Waals surface area contributed by atoms with Gasteiger partial charge in [-0.25, -0.2) is 14.2 Å². The molecule has 1 atom stereocenters. The van der Waals surface area contributed by atoms with E-state index < -0.39 is 23.4 Å². The first kappa shape index (κ1) is 24.7. The topological polar surface area (TPSA) is 89.8 Å². The molecule has 0 fully saturated rings. The first-order chi connectivity index (χ1) is 18.9. The number of ether oxygens (including phenoxy) is 1. The fourth-order valence-electron chi connectivity index (χ4n) is 4.96. The Labute approximate surface area is 226 Å². The smallest absolute Gasteiger partial charge is 0.338 e. The highest BCUT2D eigenvalue weighted by Gasteiger charge is 2.36. The minimum absolute atomic E-state index is 0.116. The molecule has 2 aliphatic rings. The Bertz CT molecular complexity index is 1870. The number of carbonyl (C=O) groups excluding carboxylic acids is 2. The second kappa shape index (κ2) is 9.59. The number of thiazole rings is 1. The number of carbonyl (C=O) groups is 2. The normalized spacial score (nSPS) is 17.3. The van der Waals surface area contributed by atoms with Crippen molar-refractivity contribution in [3.63, 3.8) is 0 Å². The number of hydrogen-bond acceptors (Lipinski definition) is 6. The highest BCUT2D eigenvalue weighted by atomic mass is 32.1. The van der Waals surface area contributed by atoms with Gasteiger partial charge in [0.2, 0.25) is 0 Å². The van der Waals surface area contributed by atoms with Crippen LogP contribution in [0.25, 0.3) is 11.3 Å². The number of aromatic nitrogens is 1. The summed E-state index contributed by atoms with van der Waals surface area (Å²) in [6.45, 7) is 3.72. The molecule has 7 nitrogen and oxygen atoms in total. The van der Waals surface area contributed by atoms with E-state index in [1.165, 1.54) is 28.8 Å². The maximum Gasteiger partial charge on any atom is 0.338 e. The lowest BCUT2D eigenvalue weighted by atomic mass is 9.93. The average molecular weight is 540 g/mol. The van der Waals surface area contributed by atoms with E-state index in [0.717, 1.165) is 16.9 Å². The fraction of sp³-hybridized carbons (Fsp3) is 0.133. The predicted molar refractivity (Wildman–Crippen MR) is 146 cm³/mol. The van der Waals surface area contributed by atoms with Crippen molar-refractivity contribution in [2.45, 2.75) is 19.9 Å². The molecule has 0 saturated carbocycles. The number of benzene rings is 3. The van der Waals surface area contributed by atoms with Gasteiger partial charge in [-0.1, -0.05) is 65.4 Å². The zero-order chi connectivity index (χ0) is 27.3. The first-order valence-corrected chi connectivity index (χ1v) is 13.2. The maximum atomic E-state index is 14.1. The van der Waals surface area contributed by atoms with Gasteiger partial charge >= 0.3 is 5.97 Å². The van der Waals surface area contributed by atoms with Gasteiger partial charge in [0.25, 0.3) is 11.5 Å². The van der Waals surface area contributed by atoms with Crippen molar-refractivity contribution in [2.75, 3.05) is 11.9 Å². The Balaban J connectivity index is 1.72. The van der Waals surface area contributed by atoms with E-state index >= 15 is 0 Å². The number of halogens is 1. The predicted octanol–water partition coefficient (Wildman–Crippen LogP) is 3.71. The van der Waals surface area contributed by atoms with E-state index in [1.54, 1.807) is 13.0 Å². The molecule has 1 amide bonds. The van der Waals surface area contributed by atoms with E-state index in [2.05, 4.69) is 5.32 Å². The van der Waals surface area contributed by atoms with Gasteiger partial charge in [-0.3, -0.25) is 14.2 Å². The number of fused-ring (bicyclic) bond motifs is 2. The third-order valence-electron chi connectivity index (χ3n) is 6.68. The van der Waals surface area contributed by atoms with Crippen molar-refractivity contribution in [1.82, 2.24) is 4.57 Å².